The Hall–Kier alpha value is -3.23. The normalized spacial score (nSPS) is 16.9. The van der Waals surface area contributed by atoms with Gasteiger partial charge in [-0.1, -0.05) is 79.9 Å². The molecule has 3 rings (SSSR count). The van der Waals surface area contributed by atoms with Crippen LogP contribution in [0.5, 0.6) is 0 Å². The number of carbonyl (C=O) groups is 3. The van der Waals surface area contributed by atoms with Gasteiger partial charge in [0.1, 0.15) is 6.04 Å². The van der Waals surface area contributed by atoms with Crippen LogP contribution in [0.4, 0.5) is 4.79 Å². The molecule has 0 aliphatic carbocycles. The first-order valence-corrected chi connectivity index (χ1v) is 11.3. The molecule has 8 nitrogen and oxygen atoms in total. The minimum absolute atomic E-state index is 0.0946. The van der Waals surface area contributed by atoms with E-state index in [4.69, 9.17) is 5.11 Å². The van der Waals surface area contributed by atoms with Crippen LogP contribution in [-0.2, 0) is 16.1 Å². The van der Waals surface area contributed by atoms with E-state index < -0.39 is 24.1 Å². The Bertz CT molecular complexity index is 922. The van der Waals surface area contributed by atoms with Gasteiger partial charge in [0.05, 0.1) is 12.6 Å². The molecule has 1 aliphatic heterocycles. The third-order valence-corrected chi connectivity index (χ3v) is 5.74. The summed E-state index contributed by atoms with van der Waals surface area (Å²) >= 11 is 0. The number of hydrogen-bond acceptors (Lipinski definition) is 5. The Balaban J connectivity index is 1.63. The fourth-order valence-electron chi connectivity index (χ4n) is 3.94. The molecule has 0 spiro atoms. The molecule has 2 atom stereocenters. The number of aliphatic hydroxyl groups is 1. The van der Waals surface area contributed by atoms with E-state index in [0.717, 1.165) is 24.0 Å². The number of amides is 3. The molecule has 3 amide bonds. The smallest absolute Gasteiger partial charge is 0.342 e. The third kappa shape index (κ3) is 6.87. The maximum Gasteiger partial charge on any atom is 0.342 e. The highest BCUT2D eigenvalue weighted by molar-refractivity contribution is 6.03. The summed E-state index contributed by atoms with van der Waals surface area (Å²) in [6, 6.07) is 17.4. The van der Waals surface area contributed by atoms with E-state index in [-0.39, 0.29) is 25.4 Å². The quantitative estimate of drug-likeness (QED) is 0.316. The largest absolute Gasteiger partial charge is 0.481 e. The highest BCUT2D eigenvalue weighted by atomic mass is 16.4. The van der Waals surface area contributed by atoms with Crippen LogP contribution in [0.2, 0.25) is 0 Å². The Morgan fingerprint density at radius 3 is 2.24 bits per heavy atom. The van der Waals surface area contributed by atoms with Crippen LogP contribution >= 0.6 is 0 Å². The van der Waals surface area contributed by atoms with Crippen molar-refractivity contribution in [2.45, 2.75) is 57.2 Å². The molecular formula is C25H31N3O5. The van der Waals surface area contributed by atoms with Crippen LogP contribution in [0.3, 0.4) is 0 Å². The second kappa shape index (κ2) is 12.1. The van der Waals surface area contributed by atoms with Gasteiger partial charge in [-0.15, -0.1) is 0 Å². The Morgan fingerprint density at radius 1 is 0.939 bits per heavy atom. The van der Waals surface area contributed by atoms with Crippen molar-refractivity contribution in [2.24, 2.45) is 0 Å². The van der Waals surface area contributed by atoms with Crippen molar-refractivity contribution in [1.29, 1.82) is 0 Å². The van der Waals surface area contributed by atoms with Crippen LogP contribution in [0.1, 0.15) is 55.8 Å². The van der Waals surface area contributed by atoms with Gasteiger partial charge in [-0.25, -0.2) is 15.2 Å². The number of urea groups is 1. The lowest BCUT2D eigenvalue weighted by molar-refractivity contribution is -0.137. The van der Waals surface area contributed by atoms with Crippen molar-refractivity contribution in [3.8, 4) is 0 Å². The lowest BCUT2D eigenvalue weighted by atomic mass is 10.1. The second-order valence-corrected chi connectivity index (χ2v) is 8.21. The van der Waals surface area contributed by atoms with Crippen molar-refractivity contribution in [3.05, 3.63) is 71.8 Å². The number of nitrogens with one attached hydrogen (secondary N) is 1. The average Bonchev–Trinajstić information content (AvgIpc) is 3.04. The number of carboxylic acids is 1. The summed E-state index contributed by atoms with van der Waals surface area (Å²) in [5.41, 5.74) is 4.57. The lowest BCUT2D eigenvalue weighted by Crippen LogP contribution is -2.47. The minimum atomic E-state index is -0.825. The molecule has 1 fully saturated rings. The van der Waals surface area contributed by atoms with E-state index in [0.29, 0.717) is 19.3 Å². The van der Waals surface area contributed by atoms with Crippen molar-refractivity contribution in [1.82, 2.24) is 15.3 Å². The molecule has 0 bridgehead atoms. The highest BCUT2D eigenvalue weighted by Gasteiger charge is 2.44. The Labute approximate surface area is 193 Å². The summed E-state index contributed by atoms with van der Waals surface area (Å²) in [5.74, 6) is -1.08. The van der Waals surface area contributed by atoms with E-state index in [1.807, 2.05) is 48.5 Å². The Kier molecular flexibility index (Phi) is 8.97. The molecule has 0 aromatic heterocycles. The van der Waals surface area contributed by atoms with Crippen LogP contribution in [0, 0.1) is 0 Å². The molecular weight excluding hydrogens is 422 g/mol. The number of carboxylic acid groups (broad SMARTS) is 1. The molecule has 33 heavy (non-hydrogen) atoms. The van der Waals surface area contributed by atoms with E-state index >= 15 is 0 Å². The summed E-state index contributed by atoms with van der Waals surface area (Å²) in [5, 5.41) is 20.6. The van der Waals surface area contributed by atoms with Crippen LogP contribution in [-0.4, -0.2) is 50.6 Å². The number of hydrazine groups is 1. The summed E-state index contributed by atoms with van der Waals surface area (Å²) in [7, 11) is 0. The van der Waals surface area contributed by atoms with E-state index in [1.165, 1.54) is 9.91 Å². The van der Waals surface area contributed by atoms with Gasteiger partial charge in [0.15, 0.2) is 0 Å². The zero-order valence-electron chi connectivity index (χ0n) is 18.6. The van der Waals surface area contributed by atoms with Crippen molar-refractivity contribution in [3.63, 3.8) is 0 Å². The number of benzene rings is 2. The first-order valence-electron chi connectivity index (χ1n) is 11.3. The fourth-order valence-corrected chi connectivity index (χ4v) is 3.94. The lowest BCUT2D eigenvalue weighted by Gasteiger charge is -2.24. The predicted octanol–water partition coefficient (Wildman–Crippen LogP) is 3.48. The molecule has 2 unspecified atom stereocenters. The highest BCUT2D eigenvalue weighted by Crippen LogP contribution is 2.24. The molecule has 3 N–H and O–H groups in total. The molecule has 8 heteroatoms. The van der Waals surface area contributed by atoms with Crippen LogP contribution in [0.25, 0.3) is 0 Å². The zero-order chi connectivity index (χ0) is 23.6. The molecule has 2 aromatic rings. The Morgan fingerprint density at radius 2 is 1.58 bits per heavy atom. The van der Waals surface area contributed by atoms with Crippen molar-refractivity contribution >= 4 is 17.9 Å². The number of nitrogens with zero attached hydrogens (tertiary/aromatic N) is 2. The SMILES string of the molecule is O=C(O)CCCCCCC1C(=O)N(Cc2ccccc2)C(=O)N1NCC(O)c1ccccc1. The molecule has 1 heterocycles. The van der Waals surface area contributed by atoms with Crippen LogP contribution in [0.15, 0.2) is 60.7 Å². The van der Waals surface area contributed by atoms with Crippen LogP contribution < -0.4 is 5.43 Å². The van der Waals surface area contributed by atoms with Crippen molar-refractivity contribution in [2.75, 3.05) is 6.54 Å². The number of aliphatic hydroxyl groups excluding tert-OH is 1. The number of hydrogen-bond donors (Lipinski definition) is 3. The van der Waals surface area contributed by atoms with E-state index in [2.05, 4.69) is 5.43 Å². The number of aliphatic carboxylic acids is 1. The molecule has 1 saturated heterocycles. The van der Waals surface area contributed by atoms with Gasteiger partial charge < -0.3 is 10.2 Å². The fraction of sp³-hybridized carbons (Fsp3) is 0.400. The number of imide groups is 1. The standard InChI is InChI=1S/C25H31N3O5/c29-22(20-13-7-4-8-14-20)17-26-28-21(15-9-1-2-10-16-23(30)31)24(32)27(25(28)33)18-19-11-5-3-6-12-19/h3-8,11-14,21-22,26,29H,1-2,9-10,15-18H2,(H,30,31). The monoisotopic (exact) mass is 453 g/mol. The van der Waals surface area contributed by atoms with Gasteiger partial charge in [0.2, 0.25) is 0 Å². The number of rotatable bonds is 13. The predicted molar refractivity (Wildman–Crippen MR) is 123 cm³/mol. The van der Waals surface area contributed by atoms with E-state index in [1.54, 1.807) is 12.1 Å². The minimum Gasteiger partial charge on any atom is -0.481 e. The van der Waals surface area contributed by atoms with Gasteiger partial charge in [0.25, 0.3) is 5.91 Å². The third-order valence-electron chi connectivity index (χ3n) is 5.74. The molecule has 0 saturated carbocycles. The molecule has 176 valence electrons. The number of unbranched alkanes of at least 4 members (excludes halogenated alkanes) is 3. The first kappa shape index (κ1) is 24.4. The summed E-state index contributed by atoms with van der Waals surface area (Å²) in [6.45, 7) is 0.282. The molecule has 2 aromatic carbocycles. The molecule has 1 aliphatic rings. The summed E-state index contributed by atoms with van der Waals surface area (Å²) < 4.78 is 0. The van der Waals surface area contributed by atoms with Gasteiger partial charge in [0, 0.05) is 13.0 Å². The van der Waals surface area contributed by atoms with Gasteiger partial charge in [-0.2, -0.15) is 0 Å². The number of carbonyl (C=O) groups excluding carboxylic acids is 2. The van der Waals surface area contributed by atoms with Gasteiger partial charge in [-0.05, 0) is 24.0 Å². The zero-order valence-corrected chi connectivity index (χ0v) is 18.6. The maximum atomic E-state index is 13.1. The van der Waals surface area contributed by atoms with E-state index in [9.17, 15) is 19.5 Å². The first-order chi connectivity index (χ1) is 16.0. The second-order valence-electron chi connectivity index (χ2n) is 8.21. The van der Waals surface area contributed by atoms with Gasteiger partial charge in [-0.3, -0.25) is 14.5 Å². The average molecular weight is 454 g/mol. The maximum absolute atomic E-state index is 13.1. The van der Waals surface area contributed by atoms with Crippen molar-refractivity contribution < 1.29 is 24.6 Å². The van der Waals surface area contributed by atoms with Gasteiger partial charge >= 0.3 is 12.0 Å². The molecule has 0 radical (unpaired) electrons. The summed E-state index contributed by atoms with van der Waals surface area (Å²) in [6.07, 6.45) is 2.61. The summed E-state index contributed by atoms with van der Waals surface area (Å²) in [4.78, 5) is 38.1. The topological polar surface area (TPSA) is 110 Å².